The van der Waals surface area contributed by atoms with Crippen molar-refractivity contribution < 1.29 is 19.4 Å². The van der Waals surface area contributed by atoms with Gasteiger partial charge in [-0.25, -0.2) is 4.79 Å². The van der Waals surface area contributed by atoms with E-state index >= 15 is 0 Å². The first-order valence-corrected chi connectivity index (χ1v) is 9.14. The van der Waals surface area contributed by atoms with Crippen LogP contribution in [0, 0.1) is 31.6 Å². The summed E-state index contributed by atoms with van der Waals surface area (Å²) in [4.78, 5) is 12.3. The van der Waals surface area contributed by atoms with Crippen molar-refractivity contribution in [3.63, 3.8) is 0 Å². The highest BCUT2D eigenvalue weighted by molar-refractivity contribution is 5.88. The van der Waals surface area contributed by atoms with Gasteiger partial charge in [0.2, 0.25) is 0 Å². The van der Waals surface area contributed by atoms with Gasteiger partial charge >= 0.3 is 5.97 Å². The summed E-state index contributed by atoms with van der Waals surface area (Å²) < 4.78 is 11.9. The van der Waals surface area contributed by atoms with Crippen LogP contribution in [0.25, 0.3) is 0 Å². The predicted molar refractivity (Wildman–Crippen MR) is 105 cm³/mol. The smallest absolute Gasteiger partial charge is 0.356 e. The molecule has 2 N–H and O–H groups in total. The van der Waals surface area contributed by atoms with E-state index in [-0.39, 0.29) is 19.7 Å². The fourth-order valence-electron chi connectivity index (χ4n) is 2.89. The van der Waals surface area contributed by atoms with Crippen LogP contribution in [0.4, 0.5) is 5.69 Å². The van der Waals surface area contributed by atoms with Gasteiger partial charge in [0, 0.05) is 12.5 Å². The van der Waals surface area contributed by atoms with E-state index in [1.165, 1.54) is 4.68 Å². The lowest BCUT2D eigenvalue weighted by Crippen LogP contribution is -2.27. The third-order valence-corrected chi connectivity index (χ3v) is 4.24. The zero-order valence-electron chi connectivity index (χ0n) is 16.0. The first-order valence-electron chi connectivity index (χ1n) is 9.14. The highest BCUT2D eigenvalue weighted by atomic mass is 16.5. The number of nitrogens with one attached hydrogen (secondary N) is 1. The Morgan fingerprint density at radius 2 is 2.04 bits per heavy atom. The Morgan fingerprint density at radius 1 is 1.29 bits per heavy atom. The average Bonchev–Trinajstić information content (AvgIpc) is 3.36. The summed E-state index contributed by atoms with van der Waals surface area (Å²) in [5, 5.41) is 18.1. The Morgan fingerprint density at radius 3 is 2.75 bits per heavy atom. The molecule has 7 nitrogen and oxygen atoms in total. The first-order chi connectivity index (χ1) is 13.6. The van der Waals surface area contributed by atoms with Crippen molar-refractivity contribution in [1.29, 1.82) is 0 Å². The largest absolute Gasteiger partial charge is 0.495 e. The van der Waals surface area contributed by atoms with Crippen molar-refractivity contribution in [2.45, 2.75) is 19.6 Å². The summed E-state index contributed by atoms with van der Waals surface area (Å²) in [7, 11) is 1.59. The first kappa shape index (κ1) is 20.2. The quantitative estimate of drug-likeness (QED) is 0.648. The van der Waals surface area contributed by atoms with Crippen LogP contribution in [0.5, 0.6) is 5.75 Å². The van der Waals surface area contributed by atoms with Gasteiger partial charge in [-0.3, -0.25) is 4.68 Å². The molecule has 2 aromatic rings. The molecule has 5 radical (unpaired) electrons. The molecule has 147 valence electrons. The summed E-state index contributed by atoms with van der Waals surface area (Å²) >= 11 is 0. The van der Waals surface area contributed by atoms with Gasteiger partial charge in [0.25, 0.3) is 0 Å². The average molecular weight is 382 g/mol. The van der Waals surface area contributed by atoms with Crippen molar-refractivity contribution in [2.75, 3.05) is 25.6 Å². The summed E-state index contributed by atoms with van der Waals surface area (Å²) in [5.74, 6) is 1.14. The van der Waals surface area contributed by atoms with E-state index < -0.39 is 12.1 Å². The zero-order valence-corrected chi connectivity index (χ0v) is 16.0. The zero-order chi connectivity index (χ0) is 19.9. The Labute approximate surface area is 165 Å². The van der Waals surface area contributed by atoms with Gasteiger partial charge in [0.15, 0.2) is 0 Å². The third kappa shape index (κ3) is 4.84. The number of methoxy groups -OCH3 is 1. The number of hydrogen-bond acceptors (Lipinski definition) is 6. The predicted octanol–water partition coefficient (Wildman–Crippen LogP) is 2.29. The lowest BCUT2D eigenvalue weighted by molar-refractivity contribution is 0.0507. The Hall–Kier alpha value is -2.54. The van der Waals surface area contributed by atoms with Crippen LogP contribution in [0.1, 0.15) is 23.1 Å². The molecule has 1 saturated carbocycles. The lowest BCUT2D eigenvalue weighted by Gasteiger charge is -2.16. The van der Waals surface area contributed by atoms with Crippen molar-refractivity contribution in [3.05, 3.63) is 73.3 Å². The number of carbonyl (C=O) groups is 1. The normalized spacial score (nSPS) is 15.4. The molecular formula is C21H24N3O4. The number of aliphatic hydroxyl groups excluding tert-OH is 1. The van der Waals surface area contributed by atoms with Gasteiger partial charge in [-0.1, -0.05) is 12.1 Å². The van der Waals surface area contributed by atoms with E-state index in [1.54, 1.807) is 20.1 Å². The second-order valence-electron chi connectivity index (χ2n) is 6.23. The van der Waals surface area contributed by atoms with E-state index in [0.717, 1.165) is 11.6 Å². The van der Waals surface area contributed by atoms with Gasteiger partial charge in [0.1, 0.15) is 11.4 Å². The SMILES string of the molecule is CCOC(=O)c1cc([C]2[CH][CH][CH][CH]2)nn1C[C@H](O)CNc1ccccc1OC. The maximum atomic E-state index is 12.3. The molecule has 28 heavy (non-hydrogen) atoms. The van der Waals surface area contributed by atoms with Crippen LogP contribution in [-0.2, 0) is 11.3 Å². The van der Waals surface area contributed by atoms with Gasteiger partial charge < -0.3 is 19.9 Å². The highest BCUT2D eigenvalue weighted by Crippen LogP contribution is 2.30. The minimum absolute atomic E-state index is 0.150. The number of hydrogen-bond donors (Lipinski definition) is 2. The fraction of sp³-hybridized carbons (Fsp3) is 0.286. The van der Waals surface area contributed by atoms with Crippen molar-refractivity contribution in [3.8, 4) is 5.75 Å². The highest BCUT2D eigenvalue weighted by Gasteiger charge is 2.26. The van der Waals surface area contributed by atoms with Crippen LogP contribution in [0.2, 0.25) is 0 Å². The molecule has 0 bridgehead atoms. The minimum atomic E-state index is -0.773. The van der Waals surface area contributed by atoms with Crippen LogP contribution in [0.3, 0.4) is 0 Å². The molecule has 1 aromatic heterocycles. The van der Waals surface area contributed by atoms with E-state index in [0.29, 0.717) is 17.1 Å². The molecule has 0 aliphatic heterocycles. The number of benzene rings is 1. The molecule has 1 aromatic carbocycles. The fourth-order valence-corrected chi connectivity index (χ4v) is 2.89. The van der Waals surface area contributed by atoms with Gasteiger partial charge in [0.05, 0.1) is 37.7 Å². The van der Waals surface area contributed by atoms with Crippen molar-refractivity contribution in [2.24, 2.45) is 0 Å². The van der Waals surface area contributed by atoms with Gasteiger partial charge in [-0.2, -0.15) is 5.10 Å². The Kier molecular flexibility index (Phi) is 6.92. The van der Waals surface area contributed by atoms with Gasteiger partial charge in [-0.15, -0.1) is 0 Å². The van der Waals surface area contributed by atoms with E-state index in [1.807, 2.05) is 49.9 Å². The number of ether oxygens (including phenoxy) is 2. The Balaban J connectivity index is 1.69. The van der Waals surface area contributed by atoms with Crippen LogP contribution < -0.4 is 10.1 Å². The molecular weight excluding hydrogens is 358 g/mol. The Bertz CT molecular complexity index is 784. The van der Waals surface area contributed by atoms with Crippen LogP contribution in [-0.4, -0.2) is 47.2 Å². The number of anilines is 1. The van der Waals surface area contributed by atoms with Crippen LogP contribution >= 0.6 is 0 Å². The second kappa shape index (κ2) is 9.59. The molecule has 3 rings (SSSR count). The van der Waals surface area contributed by atoms with Gasteiger partial charge in [-0.05, 0) is 50.8 Å². The van der Waals surface area contributed by atoms with Crippen molar-refractivity contribution >= 4 is 11.7 Å². The molecule has 0 amide bonds. The molecule has 1 aliphatic rings. The number of rotatable bonds is 9. The third-order valence-electron chi connectivity index (χ3n) is 4.24. The van der Waals surface area contributed by atoms with Crippen molar-refractivity contribution in [1.82, 2.24) is 9.78 Å². The molecule has 1 heterocycles. The molecule has 1 aliphatic carbocycles. The monoisotopic (exact) mass is 382 g/mol. The molecule has 0 saturated heterocycles. The maximum Gasteiger partial charge on any atom is 0.356 e. The number of carbonyl (C=O) groups excluding carboxylic acids is 1. The number of para-hydroxylation sites is 2. The number of esters is 1. The molecule has 0 spiro atoms. The summed E-state index contributed by atoms with van der Waals surface area (Å²) in [6.07, 6.45) is 6.88. The molecule has 0 unspecified atom stereocenters. The summed E-state index contributed by atoms with van der Waals surface area (Å²) in [5.41, 5.74) is 1.76. The minimum Gasteiger partial charge on any atom is -0.495 e. The summed E-state index contributed by atoms with van der Waals surface area (Å²) in [6, 6.07) is 9.16. The number of aliphatic hydroxyl groups is 1. The second-order valence-corrected chi connectivity index (χ2v) is 6.23. The maximum absolute atomic E-state index is 12.3. The number of nitrogens with zero attached hydrogens (tertiary/aromatic N) is 2. The molecule has 7 heteroatoms. The van der Waals surface area contributed by atoms with E-state index in [9.17, 15) is 9.90 Å². The summed E-state index contributed by atoms with van der Waals surface area (Å²) in [6.45, 7) is 2.45. The topological polar surface area (TPSA) is 85.6 Å². The van der Waals surface area contributed by atoms with E-state index in [4.69, 9.17) is 9.47 Å². The lowest BCUT2D eigenvalue weighted by atomic mass is 10.0. The molecule has 1 fully saturated rings. The standard InChI is InChI=1S/C21H24N3O4/c1-3-28-21(26)19-12-18(15-8-4-5-9-15)23-24(19)14-16(25)13-22-17-10-6-7-11-20(17)27-2/h4-12,16,22,25H,3,13-14H2,1-2H3/t16-/m1/s1. The van der Waals surface area contributed by atoms with E-state index in [2.05, 4.69) is 10.4 Å². The molecule has 1 atom stereocenters. The van der Waals surface area contributed by atoms with Crippen LogP contribution in [0.15, 0.2) is 30.3 Å². The number of aromatic nitrogens is 2.